The van der Waals surface area contributed by atoms with Crippen molar-refractivity contribution in [3.05, 3.63) is 12.4 Å². The molecule has 0 saturated heterocycles. The first-order valence-corrected chi connectivity index (χ1v) is 6.88. The minimum Gasteiger partial charge on any atom is -0.380 e. The molecule has 1 aromatic rings. The number of rotatable bonds is 3. The van der Waals surface area contributed by atoms with E-state index < -0.39 is 0 Å². The zero-order valence-electron chi connectivity index (χ0n) is 11.4. The second kappa shape index (κ2) is 5.11. The van der Waals surface area contributed by atoms with Crippen LogP contribution in [-0.4, -0.2) is 15.8 Å². The van der Waals surface area contributed by atoms with Crippen LogP contribution in [0.2, 0.25) is 0 Å². The van der Waals surface area contributed by atoms with E-state index in [0.717, 1.165) is 6.54 Å². The number of aryl methyl sites for hydroxylation is 1. The van der Waals surface area contributed by atoms with Crippen molar-refractivity contribution < 1.29 is 0 Å². The number of nitrogens with one attached hydrogen (secondary N) is 1. The second-order valence-corrected chi connectivity index (χ2v) is 6.02. The van der Waals surface area contributed by atoms with Gasteiger partial charge in [-0.25, -0.2) is 0 Å². The third kappa shape index (κ3) is 3.48. The standard InChI is InChI=1S/C14H25N3/c1-4-17-11-13(10-15-17)16-12-6-5-8-14(2,3)9-7-12/h10-12,16H,4-9H2,1-3H3. The summed E-state index contributed by atoms with van der Waals surface area (Å²) in [5, 5.41) is 7.94. The summed E-state index contributed by atoms with van der Waals surface area (Å²) in [5.41, 5.74) is 1.71. The normalized spacial score (nSPS) is 24.3. The Bertz CT molecular complexity index is 354. The lowest BCUT2D eigenvalue weighted by Gasteiger charge is -2.22. The van der Waals surface area contributed by atoms with Crippen LogP contribution in [0.15, 0.2) is 12.4 Å². The Labute approximate surface area is 105 Å². The van der Waals surface area contributed by atoms with Gasteiger partial charge in [0.1, 0.15) is 0 Å². The van der Waals surface area contributed by atoms with Crippen LogP contribution >= 0.6 is 0 Å². The Kier molecular flexibility index (Phi) is 3.75. The van der Waals surface area contributed by atoms with E-state index >= 15 is 0 Å². The van der Waals surface area contributed by atoms with Gasteiger partial charge in [0.05, 0.1) is 11.9 Å². The Morgan fingerprint density at radius 1 is 1.41 bits per heavy atom. The van der Waals surface area contributed by atoms with Crippen LogP contribution in [0.5, 0.6) is 0 Å². The molecule has 2 rings (SSSR count). The van der Waals surface area contributed by atoms with Gasteiger partial charge in [-0.2, -0.15) is 5.10 Å². The smallest absolute Gasteiger partial charge is 0.0728 e. The molecule has 1 aliphatic rings. The van der Waals surface area contributed by atoms with Crippen molar-refractivity contribution in [2.45, 2.75) is 65.5 Å². The SMILES string of the molecule is CCn1cc(NC2CCCC(C)(C)CC2)cn1. The lowest BCUT2D eigenvalue weighted by molar-refractivity contribution is 0.313. The molecule has 1 atom stereocenters. The van der Waals surface area contributed by atoms with E-state index in [2.05, 4.69) is 37.4 Å². The average molecular weight is 235 g/mol. The Hall–Kier alpha value is -0.990. The molecule has 1 aromatic heterocycles. The predicted molar refractivity (Wildman–Crippen MR) is 72.2 cm³/mol. The molecule has 1 saturated carbocycles. The summed E-state index contributed by atoms with van der Waals surface area (Å²) in [4.78, 5) is 0. The highest BCUT2D eigenvalue weighted by atomic mass is 15.3. The highest BCUT2D eigenvalue weighted by molar-refractivity contribution is 5.39. The molecule has 0 aliphatic heterocycles. The zero-order chi connectivity index (χ0) is 12.3. The van der Waals surface area contributed by atoms with Crippen molar-refractivity contribution in [3.63, 3.8) is 0 Å². The van der Waals surface area contributed by atoms with E-state index in [1.807, 2.05) is 10.9 Å². The minimum absolute atomic E-state index is 0.532. The first-order chi connectivity index (χ1) is 8.09. The molecule has 1 aliphatic carbocycles. The summed E-state index contributed by atoms with van der Waals surface area (Å²) >= 11 is 0. The third-order valence-electron chi connectivity index (χ3n) is 3.90. The second-order valence-electron chi connectivity index (χ2n) is 6.02. The minimum atomic E-state index is 0.532. The number of hydrogen-bond donors (Lipinski definition) is 1. The molecule has 96 valence electrons. The Morgan fingerprint density at radius 2 is 2.24 bits per heavy atom. The van der Waals surface area contributed by atoms with Crippen LogP contribution in [0.4, 0.5) is 5.69 Å². The van der Waals surface area contributed by atoms with E-state index in [1.165, 1.54) is 37.8 Å². The van der Waals surface area contributed by atoms with Gasteiger partial charge in [0.25, 0.3) is 0 Å². The number of nitrogens with zero attached hydrogens (tertiary/aromatic N) is 2. The summed E-state index contributed by atoms with van der Waals surface area (Å²) < 4.78 is 1.98. The molecule has 1 unspecified atom stereocenters. The van der Waals surface area contributed by atoms with Crippen LogP contribution in [-0.2, 0) is 6.54 Å². The summed E-state index contributed by atoms with van der Waals surface area (Å²) in [6.07, 6.45) is 10.7. The van der Waals surface area contributed by atoms with E-state index in [9.17, 15) is 0 Å². The van der Waals surface area contributed by atoms with Crippen molar-refractivity contribution in [1.82, 2.24) is 9.78 Å². The van der Waals surface area contributed by atoms with Crippen molar-refractivity contribution in [1.29, 1.82) is 0 Å². The molecular weight excluding hydrogens is 210 g/mol. The number of aromatic nitrogens is 2. The molecule has 1 heterocycles. The molecule has 3 nitrogen and oxygen atoms in total. The molecule has 1 fully saturated rings. The maximum atomic E-state index is 4.31. The highest BCUT2D eigenvalue weighted by Gasteiger charge is 2.24. The zero-order valence-corrected chi connectivity index (χ0v) is 11.4. The first-order valence-electron chi connectivity index (χ1n) is 6.88. The summed E-state index contributed by atoms with van der Waals surface area (Å²) in [7, 11) is 0. The van der Waals surface area contributed by atoms with Gasteiger partial charge >= 0.3 is 0 Å². The summed E-state index contributed by atoms with van der Waals surface area (Å²) in [6.45, 7) is 7.85. The van der Waals surface area contributed by atoms with Crippen molar-refractivity contribution in [2.24, 2.45) is 5.41 Å². The van der Waals surface area contributed by atoms with Crippen LogP contribution in [0.3, 0.4) is 0 Å². The lowest BCUT2D eigenvalue weighted by Crippen LogP contribution is -2.18. The quantitative estimate of drug-likeness (QED) is 0.810. The van der Waals surface area contributed by atoms with Crippen LogP contribution in [0.1, 0.15) is 52.9 Å². The largest absolute Gasteiger partial charge is 0.380 e. The van der Waals surface area contributed by atoms with Gasteiger partial charge in [-0.05, 0) is 38.0 Å². The van der Waals surface area contributed by atoms with Crippen LogP contribution in [0.25, 0.3) is 0 Å². The molecule has 3 heteroatoms. The first kappa shape index (κ1) is 12.5. The average Bonchev–Trinajstić information content (AvgIpc) is 2.66. The Balaban J connectivity index is 1.90. The van der Waals surface area contributed by atoms with Gasteiger partial charge in [-0.15, -0.1) is 0 Å². The molecule has 0 bridgehead atoms. The fourth-order valence-corrected chi connectivity index (χ4v) is 2.65. The van der Waals surface area contributed by atoms with Gasteiger partial charge in [-0.1, -0.05) is 20.3 Å². The van der Waals surface area contributed by atoms with E-state index in [-0.39, 0.29) is 0 Å². The van der Waals surface area contributed by atoms with Gasteiger partial charge in [-0.3, -0.25) is 4.68 Å². The molecule has 17 heavy (non-hydrogen) atoms. The summed E-state index contributed by atoms with van der Waals surface area (Å²) in [5.74, 6) is 0. The lowest BCUT2D eigenvalue weighted by atomic mass is 9.85. The highest BCUT2D eigenvalue weighted by Crippen LogP contribution is 2.34. The number of anilines is 1. The molecule has 0 spiro atoms. The van der Waals surface area contributed by atoms with Crippen LogP contribution in [0, 0.1) is 5.41 Å². The summed E-state index contributed by atoms with van der Waals surface area (Å²) in [6, 6.07) is 0.631. The topological polar surface area (TPSA) is 29.9 Å². The third-order valence-corrected chi connectivity index (χ3v) is 3.90. The van der Waals surface area contributed by atoms with Crippen molar-refractivity contribution in [2.75, 3.05) is 5.32 Å². The van der Waals surface area contributed by atoms with Gasteiger partial charge < -0.3 is 5.32 Å². The molecular formula is C14H25N3. The fraction of sp³-hybridized carbons (Fsp3) is 0.786. The maximum absolute atomic E-state index is 4.31. The van der Waals surface area contributed by atoms with E-state index in [0.29, 0.717) is 11.5 Å². The Morgan fingerprint density at radius 3 is 2.94 bits per heavy atom. The maximum Gasteiger partial charge on any atom is 0.0728 e. The van der Waals surface area contributed by atoms with Gasteiger partial charge in [0.15, 0.2) is 0 Å². The van der Waals surface area contributed by atoms with E-state index in [1.54, 1.807) is 0 Å². The number of hydrogen-bond acceptors (Lipinski definition) is 2. The van der Waals surface area contributed by atoms with E-state index in [4.69, 9.17) is 0 Å². The molecule has 0 aromatic carbocycles. The van der Waals surface area contributed by atoms with Gasteiger partial charge in [0.2, 0.25) is 0 Å². The molecule has 0 radical (unpaired) electrons. The van der Waals surface area contributed by atoms with Crippen molar-refractivity contribution >= 4 is 5.69 Å². The monoisotopic (exact) mass is 235 g/mol. The van der Waals surface area contributed by atoms with Crippen LogP contribution < -0.4 is 5.32 Å². The predicted octanol–water partition coefficient (Wildman–Crippen LogP) is 3.67. The molecule has 1 N–H and O–H groups in total. The van der Waals surface area contributed by atoms with Crippen molar-refractivity contribution in [3.8, 4) is 0 Å². The van der Waals surface area contributed by atoms with Gasteiger partial charge in [0, 0.05) is 18.8 Å². The fourth-order valence-electron chi connectivity index (χ4n) is 2.65. The molecule has 0 amide bonds.